The van der Waals surface area contributed by atoms with E-state index < -0.39 is 11.4 Å². The summed E-state index contributed by atoms with van der Waals surface area (Å²) in [5, 5.41) is 12.2. The van der Waals surface area contributed by atoms with Crippen LogP contribution in [0, 0.1) is 11.3 Å². The zero-order chi connectivity index (χ0) is 15.9. The number of likely N-dealkylation sites (tertiary alicyclic amines) is 1. The maximum Gasteiger partial charge on any atom is 0.317 e. The molecule has 0 radical (unpaired) electrons. The third kappa shape index (κ3) is 5.26. The molecule has 5 nitrogen and oxygen atoms in total. The number of carbonyl (C=O) groups is 2. The standard InChI is InChI=1S/C15H26N2O3S/c1-4-9-21-10-7-16-14(20)17-8-5-6-12(11-17)15(2,3)13(18)19/h4,12H,1,5-11H2,2-3H3,(H,16,20)(H,18,19). The van der Waals surface area contributed by atoms with E-state index in [1.165, 1.54) is 0 Å². The van der Waals surface area contributed by atoms with E-state index >= 15 is 0 Å². The number of nitrogens with one attached hydrogen (secondary N) is 1. The molecule has 2 amide bonds. The maximum atomic E-state index is 12.1. The highest BCUT2D eigenvalue weighted by molar-refractivity contribution is 7.99. The number of hydrogen-bond donors (Lipinski definition) is 2. The molecule has 1 aliphatic rings. The second-order valence-corrected chi connectivity index (χ2v) is 7.06. The van der Waals surface area contributed by atoms with Crippen molar-refractivity contribution in [2.75, 3.05) is 31.1 Å². The van der Waals surface area contributed by atoms with Crippen LogP contribution in [-0.4, -0.2) is 53.1 Å². The fourth-order valence-electron chi connectivity index (χ4n) is 2.43. The van der Waals surface area contributed by atoms with Crippen LogP contribution < -0.4 is 5.32 Å². The predicted octanol–water partition coefficient (Wildman–Crippen LogP) is 2.44. The Bertz CT molecular complexity index is 385. The van der Waals surface area contributed by atoms with Gasteiger partial charge in [0.15, 0.2) is 0 Å². The number of rotatable bonds is 7. The Morgan fingerprint density at radius 2 is 2.24 bits per heavy atom. The summed E-state index contributed by atoms with van der Waals surface area (Å²) in [6, 6.07) is -0.0832. The lowest BCUT2D eigenvalue weighted by Gasteiger charge is -2.39. The van der Waals surface area contributed by atoms with Crippen LogP contribution in [0.15, 0.2) is 12.7 Å². The molecular weight excluding hydrogens is 288 g/mol. The van der Waals surface area contributed by atoms with Crippen molar-refractivity contribution in [3.63, 3.8) is 0 Å². The van der Waals surface area contributed by atoms with Gasteiger partial charge in [-0.05, 0) is 32.6 Å². The highest BCUT2D eigenvalue weighted by atomic mass is 32.2. The monoisotopic (exact) mass is 314 g/mol. The fourth-order valence-corrected chi connectivity index (χ4v) is 3.01. The van der Waals surface area contributed by atoms with Crippen molar-refractivity contribution in [1.29, 1.82) is 0 Å². The van der Waals surface area contributed by atoms with Gasteiger partial charge in [0.2, 0.25) is 0 Å². The number of amides is 2. The van der Waals surface area contributed by atoms with E-state index in [-0.39, 0.29) is 11.9 Å². The number of hydrogen-bond acceptors (Lipinski definition) is 3. The van der Waals surface area contributed by atoms with Crippen LogP contribution in [0.25, 0.3) is 0 Å². The first-order valence-electron chi connectivity index (χ1n) is 7.34. The van der Waals surface area contributed by atoms with E-state index in [0.717, 1.165) is 24.3 Å². The number of thioether (sulfide) groups is 1. The minimum atomic E-state index is -0.796. The smallest absolute Gasteiger partial charge is 0.317 e. The molecule has 0 spiro atoms. The van der Waals surface area contributed by atoms with E-state index in [0.29, 0.717) is 19.6 Å². The Morgan fingerprint density at radius 3 is 2.86 bits per heavy atom. The molecule has 1 aliphatic heterocycles. The molecule has 1 fully saturated rings. The van der Waals surface area contributed by atoms with Gasteiger partial charge in [0.1, 0.15) is 0 Å². The highest BCUT2D eigenvalue weighted by Crippen LogP contribution is 2.34. The first kappa shape index (κ1) is 17.9. The summed E-state index contributed by atoms with van der Waals surface area (Å²) in [7, 11) is 0. The first-order valence-corrected chi connectivity index (χ1v) is 8.50. The van der Waals surface area contributed by atoms with Gasteiger partial charge in [-0.2, -0.15) is 11.8 Å². The molecule has 0 aromatic rings. The molecular formula is C15H26N2O3S. The van der Waals surface area contributed by atoms with Crippen LogP contribution in [0.1, 0.15) is 26.7 Å². The van der Waals surface area contributed by atoms with Gasteiger partial charge >= 0.3 is 12.0 Å². The average Bonchev–Trinajstić information content (AvgIpc) is 2.46. The number of urea groups is 1. The van der Waals surface area contributed by atoms with Crippen molar-refractivity contribution < 1.29 is 14.7 Å². The third-order valence-corrected chi connectivity index (χ3v) is 5.00. The van der Waals surface area contributed by atoms with Crippen molar-refractivity contribution in [2.24, 2.45) is 11.3 Å². The average molecular weight is 314 g/mol. The number of carboxylic acids is 1. The van der Waals surface area contributed by atoms with Gasteiger partial charge in [-0.15, -0.1) is 6.58 Å². The Morgan fingerprint density at radius 1 is 1.52 bits per heavy atom. The minimum absolute atomic E-state index is 0.00430. The van der Waals surface area contributed by atoms with E-state index in [9.17, 15) is 14.7 Å². The van der Waals surface area contributed by atoms with Gasteiger partial charge in [0.05, 0.1) is 5.41 Å². The molecule has 1 unspecified atom stereocenters. The highest BCUT2D eigenvalue weighted by Gasteiger charge is 2.39. The van der Waals surface area contributed by atoms with Gasteiger partial charge in [-0.1, -0.05) is 6.08 Å². The SMILES string of the molecule is C=CCSCCNC(=O)N1CCCC(C(C)(C)C(=O)O)C1. The minimum Gasteiger partial charge on any atom is -0.481 e. The molecule has 0 saturated carbocycles. The van der Waals surface area contributed by atoms with Crippen LogP contribution in [0.3, 0.4) is 0 Å². The van der Waals surface area contributed by atoms with E-state index in [1.807, 2.05) is 6.08 Å². The number of carbonyl (C=O) groups excluding carboxylic acids is 1. The second-order valence-electron chi connectivity index (χ2n) is 5.91. The van der Waals surface area contributed by atoms with Gasteiger partial charge in [0.25, 0.3) is 0 Å². The largest absolute Gasteiger partial charge is 0.481 e. The molecule has 1 saturated heterocycles. The van der Waals surface area contributed by atoms with Crippen LogP contribution in [0.4, 0.5) is 4.79 Å². The van der Waals surface area contributed by atoms with E-state index in [1.54, 1.807) is 30.5 Å². The molecule has 1 rings (SSSR count). The first-order chi connectivity index (χ1) is 9.89. The van der Waals surface area contributed by atoms with Crippen molar-refractivity contribution in [3.05, 3.63) is 12.7 Å². The summed E-state index contributed by atoms with van der Waals surface area (Å²) in [6.45, 7) is 8.99. The number of aliphatic carboxylic acids is 1. The molecule has 0 bridgehead atoms. The molecule has 2 N–H and O–H groups in total. The second kappa shape index (κ2) is 8.32. The summed E-state index contributed by atoms with van der Waals surface area (Å²) in [5.41, 5.74) is -0.793. The lowest BCUT2D eigenvalue weighted by Crippen LogP contribution is -2.50. The lowest BCUT2D eigenvalue weighted by molar-refractivity contribution is -0.151. The van der Waals surface area contributed by atoms with Gasteiger partial charge in [-0.3, -0.25) is 4.79 Å². The molecule has 6 heteroatoms. The predicted molar refractivity (Wildman–Crippen MR) is 86.6 cm³/mol. The van der Waals surface area contributed by atoms with E-state index in [4.69, 9.17) is 0 Å². The lowest BCUT2D eigenvalue weighted by atomic mass is 9.74. The molecule has 1 heterocycles. The molecule has 21 heavy (non-hydrogen) atoms. The maximum absolute atomic E-state index is 12.1. The van der Waals surface area contributed by atoms with Crippen LogP contribution >= 0.6 is 11.8 Å². The number of piperidine rings is 1. The molecule has 0 aromatic carbocycles. The van der Waals surface area contributed by atoms with Crippen molar-refractivity contribution in [2.45, 2.75) is 26.7 Å². The van der Waals surface area contributed by atoms with E-state index in [2.05, 4.69) is 11.9 Å². The summed E-state index contributed by atoms with van der Waals surface area (Å²) in [5.74, 6) is 0.949. The van der Waals surface area contributed by atoms with Gasteiger partial charge < -0.3 is 15.3 Å². The summed E-state index contributed by atoms with van der Waals surface area (Å²) >= 11 is 1.72. The van der Waals surface area contributed by atoms with Gasteiger partial charge in [-0.25, -0.2) is 4.79 Å². The molecule has 120 valence electrons. The molecule has 0 aromatic heterocycles. The third-order valence-electron chi connectivity index (χ3n) is 4.04. The topological polar surface area (TPSA) is 69.6 Å². The summed E-state index contributed by atoms with van der Waals surface area (Å²) < 4.78 is 0. The summed E-state index contributed by atoms with van der Waals surface area (Å²) in [6.07, 6.45) is 3.56. The Balaban J connectivity index is 2.43. The number of carboxylic acid groups (broad SMARTS) is 1. The molecule has 1 atom stereocenters. The van der Waals surface area contributed by atoms with Crippen molar-refractivity contribution in [1.82, 2.24) is 10.2 Å². The van der Waals surface area contributed by atoms with Crippen molar-refractivity contribution >= 4 is 23.8 Å². The number of nitrogens with zero attached hydrogens (tertiary/aromatic N) is 1. The van der Waals surface area contributed by atoms with Gasteiger partial charge in [0, 0.05) is 31.1 Å². The zero-order valence-corrected chi connectivity index (χ0v) is 13.7. The Kier molecular flexibility index (Phi) is 7.08. The normalized spacial score (nSPS) is 19.1. The molecule has 0 aliphatic carbocycles. The quantitative estimate of drug-likeness (QED) is 0.559. The van der Waals surface area contributed by atoms with Crippen molar-refractivity contribution in [3.8, 4) is 0 Å². The van der Waals surface area contributed by atoms with Crippen LogP contribution in [0.2, 0.25) is 0 Å². The van der Waals surface area contributed by atoms with Crippen LogP contribution in [-0.2, 0) is 4.79 Å². The van der Waals surface area contributed by atoms with Crippen LogP contribution in [0.5, 0.6) is 0 Å². The zero-order valence-electron chi connectivity index (χ0n) is 12.9. The Hall–Kier alpha value is -1.17. The summed E-state index contributed by atoms with van der Waals surface area (Å²) in [4.78, 5) is 25.2. The fraction of sp³-hybridized carbons (Fsp3) is 0.733. The Labute approximate surface area is 131 Å².